The van der Waals surface area contributed by atoms with Crippen LogP contribution in [0.5, 0.6) is 0 Å². The van der Waals surface area contributed by atoms with Crippen molar-refractivity contribution in [3.05, 3.63) is 51.5 Å². The van der Waals surface area contributed by atoms with Gasteiger partial charge >= 0.3 is 0 Å². The van der Waals surface area contributed by atoms with Crippen LogP contribution in [0.15, 0.2) is 24.3 Å². The molecule has 0 aliphatic carbocycles. The highest BCUT2D eigenvalue weighted by Crippen LogP contribution is 2.27. The van der Waals surface area contributed by atoms with Crippen molar-refractivity contribution in [2.75, 3.05) is 41.7 Å². The van der Waals surface area contributed by atoms with Crippen molar-refractivity contribution >= 4 is 39.8 Å². The standard InChI is InChI=1S/C23H29N7OS/c1-14-5-6-18(11-15(14)2)13-25-19-12-20(30-9-7-24-8-10-30)28-22(27-19)29-23-26-16(3)21(32-23)17(4)31/h5-6,11-12,24H,7-10,13H2,1-4H3,(H2,25,26,27,28,29). The van der Waals surface area contributed by atoms with Gasteiger partial charge in [-0.1, -0.05) is 29.5 Å². The number of piperazine rings is 1. The number of anilines is 4. The summed E-state index contributed by atoms with van der Waals surface area (Å²) >= 11 is 1.33. The average Bonchev–Trinajstić information content (AvgIpc) is 3.15. The van der Waals surface area contributed by atoms with E-state index in [4.69, 9.17) is 4.98 Å². The largest absolute Gasteiger partial charge is 0.366 e. The van der Waals surface area contributed by atoms with Crippen LogP contribution in [-0.4, -0.2) is 46.9 Å². The van der Waals surface area contributed by atoms with Gasteiger partial charge in [-0.2, -0.15) is 9.97 Å². The Balaban J connectivity index is 1.59. The van der Waals surface area contributed by atoms with E-state index in [9.17, 15) is 4.79 Å². The van der Waals surface area contributed by atoms with Crippen LogP contribution in [-0.2, 0) is 6.54 Å². The van der Waals surface area contributed by atoms with E-state index in [1.54, 1.807) is 6.92 Å². The Hall–Kier alpha value is -3.04. The Morgan fingerprint density at radius 1 is 1.09 bits per heavy atom. The van der Waals surface area contributed by atoms with E-state index in [1.807, 2.05) is 13.0 Å². The third-order valence-electron chi connectivity index (χ3n) is 5.53. The number of carbonyl (C=O) groups is 1. The second-order valence-electron chi connectivity index (χ2n) is 8.06. The minimum Gasteiger partial charge on any atom is -0.366 e. The van der Waals surface area contributed by atoms with Crippen molar-refractivity contribution in [3.8, 4) is 0 Å². The fourth-order valence-corrected chi connectivity index (χ4v) is 4.47. The molecular formula is C23H29N7OS. The summed E-state index contributed by atoms with van der Waals surface area (Å²) in [6.07, 6.45) is 0. The predicted octanol–water partition coefficient (Wildman–Crippen LogP) is 3.83. The van der Waals surface area contributed by atoms with Gasteiger partial charge < -0.3 is 15.5 Å². The molecule has 0 spiro atoms. The van der Waals surface area contributed by atoms with Crippen LogP contribution in [0.2, 0.25) is 0 Å². The number of nitrogens with one attached hydrogen (secondary N) is 3. The zero-order valence-electron chi connectivity index (χ0n) is 19.0. The number of hydrogen-bond donors (Lipinski definition) is 3. The fraction of sp³-hybridized carbons (Fsp3) is 0.391. The smallest absolute Gasteiger partial charge is 0.232 e. The normalized spacial score (nSPS) is 13.8. The second-order valence-corrected chi connectivity index (χ2v) is 9.06. The SMILES string of the molecule is CC(=O)c1sc(Nc2nc(NCc3ccc(C)c(C)c3)cc(N3CCNCC3)n2)nc1C. The van der Waals surface area contributed by atoms with Gasteiger partial charge in [0.05, 0.1) is 10.6 Å². The average molecular weight is 452 g/mol. The Labute approximate surface area is 192 Å². The van der Waals surface area contributed by atoms with Gasteiger partial charge in [-0.15, -0.1) is 0 Å². The molecule has 0 radical (unpaired) electrons. The Kier molecular flexibility index (Phi) is 6.66. The molecule has 8 nitrogen and oxygen atoms in total. The number of nitrogens with zero attached hydrogens (tertiary/aromatic N) is 4. The summed E-state index contributed by atoms with van der Waals surface area (Å²) in [5.74, 6) is 2.09. The molecule has 1 aliphatic rings. The van der Waals surface area contributed by atoms with Gasteiger partial charge in [0.2, 0.25) is 5.95 Å². The lowest BCUT2D eigenvalue weighted by Gasteiger charge is -2.28. The van der Waals surface area contributed by atoms with Gasteiger partial charge in [-0.05, 0) is 37.5 Å². The summed E-state index contributed by atoms with van der Waals surface area (Å²) in [6.45, 7) is 11.9. The summed E-state index contributed by atoms with van der Waals surface area (Å²) in [5, 5.41) is 10.6. The van der Waals surface area contributed by atoms with E-state index in [0.29, 0.717) is 22.5 Å². The monoisotopic (exact) mass is 451 g/mol. The zero-order valence-corrected chi connectivity index (χ0v) is 19.8. The molecule has 0 saturated carbocycles. The molecule has 3 heterocycles. The van der Waals surface area contributed by atoms with Crippen molar-refractivity contribution in [1.29, 1.82) is 0 Å². The van der Waals surface area contributed by atoms with Gasteiger partial charge in [0.25, 0.3) is 0 Å². The highest BCUT2D eigenvalue weighted by molar-refractivity contribution is 7.17. The maximum atomic E-state index is 11.8. The number of benzene rings is 1. The molecular weight excluding hydrogens is 422 g/mol. The lowest BCUT2D eigenvalue weighted by molar-refractivity contribution is 0.102. The quantitative estimate of drug-likeness (QED) is 0.467. The molecule has 4 rings (SSSR count). The van der Waals surface area contributed by atoms with E-state index in [2.05, 4.69) is 62.9 Å². The molecule has 1 aliphatic heterocycles. The number of carbonyl (C=O) groups excluding carboxylic acids is 1. The molecule has 0 atom stereocenters. The van der Waals surface area contributed by atoms with Crippen molar-refractivity contribution < 1.29 is 4.79 Å². The first-order valence-corrected chi connectivity index (χ1v) is 11.6. The minimum absolute atomic E-state index is 0.0132. The minimum atomic E-state index is 0.0132. The molecule has 1 fully saturated rings. The van der Waals surface area contributed by atoms with Crippen LogP contribution in [0.25, 0.3) is 0 Å². The van der Waals surface area contributed by atoms with Crippen molar-refractivity contribution in [3.63, 3.8) is 0 Å². The molecule has 3 aromatic rings. The summed E-state index contributed by atoms with van der Waals surface area (Å²) < 4.78 is 0. The fourth-order valence-electron chi connectivity index (χ4n) is 3.62. The van der Waals surface area contributed by atoms with Crippen molar-refractivity contribution in [2.24, 2.45) is 0 Å². The van der Waals surface area contributed by atoms with Gasteiger partial charge in [0, 0.05) is 45.7 Å². The number of aryl methyl sites for hydroxylation is 3. The summed E-state index contributed by atoms with van der Waals surface area (Å²) in [5.41, 5.74) is 4.48. The van der Waals surface area contributed by atoms with Crippen LogP contribution >= 0.6 is 11.3 Å². The highest BCUT2D eigenvalue weighted by Gasteiger charge is 2.17. The Morgan fingerprint density at radius 3 is 2.56 bits per heavy atom. The van der Waals surface area contributed by atoms with Crippen molar-refractivity contribution in [1.82, 2.24) is 20.3 Å². The number of thiazole rings is 1. The Morgan fingerprint density at radius 2 is 1.88 bits per heavy atom. The van der Waals surface area contributed by atoms with E-state index >= 15 is 0 Å². The number of aromatic nitrogens is 3. The molecule has 1 aromatic carbocycles. The lowest BCUT2D eigenvalue weighted by Crippen LogP contribution is -2.44. The van der Waals surface area contributed by atoms with Crippen molar-refractivity contribution in [2.45, 2.75) is 34.2 Å². The first-order valence-electron chi connectivity index (χ1n) is 10.8. The zero-order chi connectivity index (χ0) is 22.7. The van der Waals surface area contributed by atoms with Crippen LogP contribution in [0, 0.1) is 20.8 Å². The third-order valence-corrected chi connectivity index (χ3v) is 6.71. The second kappa shape index (κ2) is 9.62. The van der Waals surface area contributed by atoms with Gasteiger partial charge in [0.15, 0.2) is 10.9 Å². The molecule has 0 unspecified atom stereocenters. The van der Waals surface area contributed by atoms with Gasteiger partial charge in [0.1, 0.15) is 11.6 Å². The number of hydrogen-bond acceptors (Lipinski definition) is 9. The van der Waals surface area contributed by atoms with E-state index in [0.717, 1.165) is 43.5 Å². The Bertz CT molecular complexity index is 1120. The van der Waals surface area contributed by atoms with Gasteiger partial charge in [-0.25, -0.2) is 4.98 Å². The summed E-state index contributed by atoms with van der Waals surface area (Å²) in [6, 6.07) is 8.46. The molecule has 0 bridgehead atoms. The van der Waals surface area contributed by atoms with E-state index in [1.165, 1.54) is 28.0 Å². The summed E-state index contributed by atoms with van der Waals surface area (Å²) in [7, 11) is 0. The first kappa shape index (κ1) is 22.2. The maximum absolute atomic E-state index is 11.8. The number of ketones is 1. The molecule has 9 heteroatoms. The molecule has 168 valence electrons. The number of Topliss-reactive ketones (excluding diaryl/α,β-unsaturated/α-hetero) is 1. The molecule has 1 saturated heterocycles. The predicted molar refractivity (Wildman–Crippen MR) is 130 cm³/mol. The maximum Gasteiger partial charge on any atom is 0.232 e. The molecule has 0 amide bonds. The van der Waals surface area contributed by atoms with Crippen LogP contribution < -0.4 is 20.9 Å². The van der Waals surface area contributed by atoms with Gasteiger partial charge in [-0.3, -0.25) is 10.1 Å². The first-order chi connectivity index (χ1) is 15.4. The lowest BCUT2D eigenvalue weighted by atomic mass is 10.1. The van der Waals surface area contributed by atoms with Crippen LogP contribution in [0.3, 0.4) is 0 Å². The highest BCUT2D eigenvalue weighted by atomic mass is 32.1. The third kappa shape index (κ3) is 5.23. The summed E-state index contributed by atoms with van der Waals surface area (Å²) in [4.78, 5) is 28.6. The molecule has 32 heavy (non-hydrogen) atoms. The number of rotatable bonds is 7. The van der Waals surface area contributed by atoms with Crippen LogP contribution in [0.4, 0.5) is 22.7 Å². The molecule has 2 aromatic heterocycles. The topological polar surface area (TPSA) is 95.1 Å². The molecule has 3 N–H and O–H groups in total. The van der Waals surface area contributed by atoms with E-state index in [-0.39, 0.29) is 5.78 Å². The van der Waals surface area contributed by atoms with Crippen LogP contribution in [0.1, 0.15) is 39.0 Å². The van der Waals surface area contributed by atoms with E-state index < -0.39 is 0 Å².